The molecule has 2 atom stereocenters. The van der Waals surface area contributed by atoms with E-state index in [4.69, 9.17) is 9.47 Å². The minimum absolute atomic E-state index is 0.0712. The summed E-state index contributed by atoms with van der Waals surface area (Å²) in [5.41, 5.74) is 2.59. The number of aromatic nitrogens is 4. The molecule has 1 aliphatic rings. The molecule has 0 unspecified atom stereocenters. The highest BCUT2D eigenvalue weighted by Crippen LogP contribution is 2.16. The SMILES string of the molecule is CC(C)=CCO[C@@H]1COCC[C@H]1NC(=O)c1ccc(-c2nnn(C)n2)cc1. The summed E-state index contributed by atoms with van der Waals surface area (Å²) in [7, 11) is 1.71. The van der Waals surface area contributed by atoms with E-state index >= 15 is 0 Å². The van der Waals surface area contributed by atoms with Crippen LogP contribution in [0.3, 0.4) is 0 Å². The second kappa shape index (κ2) is 8.88. The average molecular weight is 371 g/mol. The molecule has 2 aromatic rings. The molecule has 1 fully saturated rings. The van der Waals surface area contributed by atoms with Gasteiger partial charge in [-0.1, -0.05) is 23.8 Å². The van der Waals surface area contributed by atoms with E-state index < -0.39 is 0 Å². The van der Waals surface area contributed by atoms with Crippen molar-refractivity contribution in [3.05, 3.63) is 41.5 Å². The van der Waals surface area contributed by atoms with Crippen molar-refractivity contribution >= 4 is 5.91 Å². The monoisotopic (exact) mass is 371 g/mol. The van der Waals surface area contributed by atoms with Crippen LogP contribution < -0.4 is 5.32 Å². The predicted molar refractivity (Wildman–Crippen MR) is 100 cm³/mol. The maximum absolute atomic E-state index is 12.6. The van der Waals surface area contributed by atoms with Gasteiger partial charge < -0.3 is 14.8 Å². The van der Waals surface area contributed by atoms with Crippen molar-refractivity contribution < 1.29 is 14.3 Å². The number of allylic oxidation sites excluding steroid dienone is 1. The number of hydrogen-bond donors (Lipinski definition) is 1. The quantitative estimate of drug-likeness (QED) is 0.778. The fourth-order valence-electron chi connectivity index (χ4n) is 2.80. The van der Waals surface area contributed by atoms with Crippen LogP contribution in [-0.4, -0.2) is 58.1 Å². The Balaban J connectivity index is 1.61. The highest BCUT2D eigenvalue weighted by molar-refractivity contribution is 5.94. The van der Waals surface area contributed by atoms with Crippen molar-refractivity contribution in [3.63, 3.8) is 0 Å². The van der Waals surface area contributed by atoms with Gasteiger partial charge in [0.15, 0.2) is 0 Å². The molecule has 8 heteroatoms. The van der Waals surface area contributed by atoms with Gasteiger partial charge in [-0.3, -0.25) is 4.79 Å². The van der Waals surface area contributed by atoms with Gasteiger partial charge in [0, 0.05) is 17.7 Å². The molecule has 1 aromatic carbocycles. The minimum Gasteiger partial charge on any atom is -0.379 e. The third kappa shape index (κ3) is 5.21. The molecule has 144 valence electrons. The van der Waals surface area contributed by atoms with E-state index in [1.807, 2.05) is 32.1 Å². The molecule has 2 heterocycles. The van der Waals surface area contributed by atoms with Crippen molar-refractivity contribution in [2.75, 3.05) is 19.8 Å². The van der Waals surface area contributed by atoms with Crippen molar-refractivity contribution in [2.24, 2.45) is 7.05 Å². The molecule has 1 N–H and O–H groups in total. The van der Waals surface area contributed by atoms with Crippen molar-refractivity contribution in [1.82, 2.24) is 25.5 Å². The Morgan fingerprint density at radius 1 is 1.37 bits per heavy atom. The third-order valence-corrected chi connectivity index (χ3v) is 4.34. The number of nitrogens with zero attached hydrogens (tertiary/aromatic N) is 4. The summed E-state index contributed by atoms with van der Waals surface area (Å²) in [6, 6.07) is 7.09. The molecule has 0 aliphatic carbocycles. The van der Waals surface area contributed by atoms with Crippen LogP contribution in [0.4, 0.5) is 0 Å². The van der Waals surface area contributed by atoms with Crippen LogP contribution >= 0.6 is 0 Å². The van der Waals surface area contributed by atoms with Crippen molar-refractivity contribution in [3.8, 4) is 11.4 Å². The molecule has 0 saturated carbocycles. The van der Waals surface area contributed by atoms with E-state index in [0.717, 1.165) is 12.0 Å². The molecule has 1 saturated heterocycles. The maximum Gasteiger partial charge on any atom is 0.251 e. The van der Waals surface area contributed by atoms with Crippen LogP contribution in [0.15, 0.2) is 35.9 Å². The Labute approximate surface area is 158 Å². The van der Waals surface area contributed by atoms with E-state index in [9.17, 15) is 4.79 Å². The third-order valence-electron chi connectivity index (χ3n) is 4.34. The number of tetrazole rings is 1. The molecule has 27 heavy (non-hydrogen) atoms. The average Bonchev–Trinajstić information content (AvgIpc) is 3.09. The number of ether oxygens (including phenoxy) is 2. The maximum atomic E-state index is 12.6. The van der Waals surface area contributed by atoms with E-state index in [1.54, 1.807) is 19.2 Å². The van der Waals surface area contributed by atoms with Crippen LogP contribution in [-0.2, 0) is 16.5 Å². The normalized spacial score (nSPS) is 19.5. The first kappa shape index (κ1) is 19.2. The Kier molecular flexibility index (Phi) is 6.31. The van der Waals surface area contributed by atoms with Gasteiger partial charge in [0.05, 0.1) is 26.3 Å². The largest absolute Gasteiger partial charge is 0.379 e. The summed E-state index contributed by atoms with van der Waals surface area (Å²) in [4.78, 5) is 14.0. The van der Waals surface area contributed by atoms with Gasteiger partial charge in [-0.25, -0.2) is 0 Å². The summed E-state index contributed by atoms with van der Waals surface area (Å²) in [5.74, 6) is 0.401. The highest BCUT2D eigenvalue weighted by Gasteiger charge is 2.28. The zero-order valence-corrected chi connectivity index (χ0v) is 15.9. The Hall–Kier alpha value is -2.58. The molecule has 1 aromatic heterocycles. The lowest BCUT2D eigenvalue weighted by molar-refractivity contribution is -0.0589. The van der Waals surface area contributed by atoms with Gasteiger partial charge in [-0.2, -0.15) is 4.80 Å². The Bertz CT molecular complexity index is 796. The molecule has 0 radical (unpaired) electrons. The zero-order valence-electron chi connectivity index (χ0n) is 15.9. The van der Waals surface area contributed by atoms with E-state index in [-0.39, 0.29) is 18.1 Å². The molecular weight excluding hydrogens is 346 g/mol. The molecule has 0 bridgehead atoms. The van der Waals surface area contributed by atoms with Gasteiger partial charge in [0.1, 0.15) is 6.10 Å². The number of rotatable bonds is 6. The molecule has 1 aliphatic heterocycles. The summed E-state index contributed by atoms with van der Waals surface area (Å²) in [6.07, 6.45) is 2.60. The van der Waals surface area contributed by atoms with Gasteiger partial charge >= 0.3 is 0 Å². The minimum atomic E-state index is -0.152. The first-order valence-corrected chi connectivity index (χ1v) is 9.01. The lowest BCUT2D eigenvalue weighted by Gasteiger charge is -2.31. The first-order valence-electron chi connectivity index (χ1n) is 9.01. The number of carbonyl (C=O) groups is 1. The number of nitrogens with one attached hydrogen (secondary N) is 1. The van der Waals surface area contributed by atoms with Crippen LogP contribution in [0.2, 0.25) is 0 Å². The van der Waals surface area contributed by atoms with Crippen LogP contribution in [0.5, 0.6) is 0 Å². The number of benzene rings is 1. The Morgan fingerprint density at radius 2 is 2.15 bits per heavy atom. The van der Waals surface area contributed by atoms with Gasteiger partial charge in [-0.15, -0.1) is 10.2 Å². The highest BCUT2D eigenvalue weighted by atomic mass is 16.5. The molecule has 1 amide bonds. The molecule has 0 spiro atoms. The topological polar surface area (TPSA) is 91.2 Å². The second-order valence-corrected chi connectivity index (χ2v) is 6.78. The number of hydrogen-bond acceptors (Lipinski definition) is 6. The summed E-state index contributed by atoms with van der Waals surface area (Å²) in [6.45, 7) is 5.67. The van der Waals surface area contributed by atoms with Crippen LogP contribution in [0.25, 0.3) is 11.4 Å². The van der Waals surface area contributed by atoms with E-state index in [0.29, 0.717) is 31.2 Å². The molecular formula is C19H25N5O3. The van der Waals surface area contributed by atoms with Gasteiger partial charge in [0.2, 0.25) is 5.82 Å². The van der Waals surface area contributed by atoms with Crippen LogP contribution in [0, 0.1) is 0 Å². The van der Waals surface area contributed by atoms with Gasteiger partial charge in [-0.05, 0) is 37.6 Å². The van der Waals surface area contributed by atoms with E-state index in [1.165, 1.54) is 10.4 Å². The fraction of sp³-hybridized carbons (Fsp3) is 0.474. The number of aryl methyl sites for hydroxylation is 1. The first-order chi connectivity index (χ1) is 13.0. The zero-order chi connectivity index (χ0) is 19.2. The number of amides is 1. The fourth-order valence-corrected chi connectivity index (χ4v) is 2.80. The molecule has 8 nitrogen and oxygen atoms in total. The second-order valence-electron chi connectivity index (χ2n) is 6.78. The van der Waals surface area contributed by atoms with E-state index in [2.05, 4.69) is 20.7 Å². The number of carbonyl (C=O) groups excluding carboxylic acids is 1. The van der Waals surface area contributed by atoms with Crippen LogP contribution in [0.1, 0.15) is 30.6 Å². The van der Waals surface area contributed by atoms with Crippen molar-refractivity contribution in [1.29, 1.82) is 0 Å². The predicted octanol–water partition coefficient (Wildman–Crippen LogP) is 1.75. The summed E-state index contributed by atoms with van der Waals surface area (Å²) in [5, 5.41) is 15.0. The summed E-state index contributed by atoms with van der Waals surface area (Å²) < 4.78 is 11.4. The smallest absolute Gasteiger partial charge is 0.251 e. The Morgan fingerprint density at radius 3 is 2.81 bits per heavy atom. The lowest BCUT2D eigenvalue weighted by atomic mass is 10.0. The van der Waals surface area contributed by atoms with Gasteiger partial charge in [0.25, 0.3) is 5.91 Å². The standard InChI is InChI=1S/C19H25N5O3/c1-13(2)8-11-27-17-12-26-10-9-16(17)20-19(25)15-6-4-14(5-7-15)18-21-23-24(3)22-18/h4-8,16-17H,9-12H2,1-3H3,(H,20,25)/t16-,17-/m1/s1. The lowest BCUT2D eigenvalue weighted by Crippen LogP contribution is -2.50. The summed E-state index contributed by atoms with van der Waals surface area (Å²) >= 11 is 0. The van der Waals surface area contributed by atoms with Crippen molar-refractivity contribution in [2.45, 2.75) is 32.4 Å². The molecule has 3 rings (SSSR count).